The molecule has 1 amide bonds. The Balaban J connectivity index is 1.49. The fraction of sp³-hybridized carbons (Fsp3) is 0.107. The molecule has 0 N–H and O–H groups in total. The summed E-state index contributed by atoms with van der Waals surface area (Å²) in [6.07, 6.45) is 3.51. The normalized spacial score (nSPS) is 12.5. The third-order valence-electron chi connectivity index (χ3n) is 6.07. The molecule has 0 saturated carbocycles. The van der Waals surface area contributed by atoms with E-state index in [-0.39, 0.29) is 5.91 Å². The minimum Gasteiger partial charge on any atom is -0.497 e. The zero-order valence-electron chi connectivity index (χ0n) is 18.9. The topological polar surface area (TPSA) is 64.5 Å². The second kappa shape index (κ2) is 8.85. The summed E-state index contributed by atoms with van der Waals surface area (Å²) in [6.45, 7) is 0.353. The summed E-state index contributed by atoms with van der Waals surface area (Å²) in [7, 11) is 1.63. The molecule has 0 spiro atoms. The molecule has 0 saturated heterocycles. The number of hydrogen-bond acceptors (Lipinski definition) is 6. The molecule has 6 rings (SSSR count). The van der Waals surface area contributed by atoms with E-state index in [1.54, 1.807) is 24.4 Å². The van der Waals surface area contributed by atoms with Gasteiger partial charge in [0.05, 0.1) is 29.8 Å². The molecule has 35 heavy (non-hydrogen) atoms. The zero-order chi connectivity index (χ0) is 23.8. The summed E-state index contributed by atoms with van der Waals surface area (Å²) >= 11 is 1.49. The van der Waals surface area contributed by atoms with Gasteiger partial charge in [-0.05, 0) is 35.9 Å². The largest absolute Gasteiger partial charge is 0.497 e. The van der Waals surface area contributed by atoms with Crippen molar-refractivity contribution in [3.63, 3.8) is 0 Å². The van der Waals surface area contributed by atoms with E-state index in [0.717, 1.165) is 32.7 Å². The summed E-state index contributed by atoms with van der Waals surface area (Å²) in [4.78, 5) is 25.3. The molecule has 5 aromatic rings. The first-order valence-electron chi connectivity index (χ1n) is 11.2. The highest BCUT2D eigenvalue weighted by Crippen LogP contribution is 2.45. The average molecular weight is 480 g/mol. The lowest BCUT2D eigenvalue weighted by Gasteiger charge is -2.31. The van der Waals surface area contributed by atoms with E-state index in [2.05, 4.69) is 4.98 Å². The SMILES string of the molecule is COc1ccc2sc(N(Cc3cccnc3)C(=O)C3c4ccccc4Oc4ccccc43)nc2c1. The van der Waals surface area contributed by atoms with Crippen LogP contribution in [0.2, 0.25) is 0 Å². The Morgan fingerprint density at radius 3 is 2.43 bits per heavy atom. The van der Waals surface area contributed by atoms with Crippen LogP contribution in [-0.2, 0) is 11.3 Å². The third kappa shape index (κ3) is 3.90. The van der Waals surface area contributed by atoms with Gasteiger partial charge in [0.2, 0.25) is 5.91 Å². The van der Waals surface area contributed by atoms with Crippen LogP contribution in [0, 0.1) is 0 Å². The molecule has 0 bridgehead atoms. The van der Waals surface area contributed by atoms with Crippen LogP contribution in [0.3, 0.4) is 0 Å². The van der Waals surface area contributed by atoms with Crippen LogP contribution in [0.5, 0.6) is 17.2 Å². The Hall–Kier alpha value is -4.23. The zero-order valence-corrected chi connectivity index (χ0v) is 19.7. The lowest BCUT2D eigenvalue weighted by molar-refractivity contribution is -0.119. The number of carbonyl (C=O) groups is 1. The van der Waals surface area contributed by atoms with Gasteiger partial charge in [0.25, 0.3) is 0 Å². The number of amides is 1. The maximum absolute atomic E-state index is 14.4. The van der Waals surface area contributed by atoms with E-state index in [1.165, 1.54) is 11.3 Å². The van der Waals surface area contributed by atoms with Crippen molar-refractivity contribution in [2.45, 2.75) is 12.5 Å². The van der Waals surface area contributed by atoms with Gasteiger partial charge in [-0.2, -0.15) is 0 Å². The number of methoxy groups -OCH3 is 1. The summed E-state index contributed by atoms with van der Waals surface area (Å²) in [5.74, 6) is 1.53. The van der Waals surface area contributed by atoms with Crippen molar-refractivity contribution in [1.82, 2.24) is 9.97 Å². The van der Waals surface area contributed by atoms with E-state index in [9.17, 15) is 4.79 Å². The summed E-state index contributed by atoms with van der Waals surface area (Å²) in [5.41, 5.74) is 3.40. The number of aromatic nitrogens is 2. The molecule has 0 aliphatic carbocycles. The molecule has 172 valence electrons. The third-order valence-corrected chi connectivity index (χ3v) is 7.13. The van der Waals surface area contributed by atoms with Crippen molar-refractivity contribution in [1.29, 1.82) is 0 Å². The van der Waals surface area contributed by atoms with Gasteiger partial charge in [-0.3, -0.25) is 14.7 Å². The Morgan fingerprint density at radius 1 is 1.00 bits per heavy atom. The lowest BCUT2D eigenvalue weighted by atomic mass is 9.87. The number of nitrogens with zero attached hydrogens (tertiary/aromatic N) is 3. The molecule has 0 unspecified atom stereocenters. The standard InChI is InChI=1S/C28H21N3O3S/c1-33-19-12-13-25-22(15-19)30-28(35-25)31(17-18-7-6-14-29-16-18)27(32)26-20-8-2-4-10-23(20)34-24-11-5-3-9-21(24)26/h2-16,26H,17H2,1H3. The molecule has 7 heteroatoms. The van der Waals surface area contributed by atoms with E-state index in [0.29, 0.717) is 23.2 Å². The number of anilines is 1. The number of rotatable bonds is 5. The Kier molecular flexibility index (Phi) is 5.39. The van der Waals surface area contributed by atoms with Crippen molar-refractivity contribution in [3.8, 4) is 17.2 Å². The number of ether oxygens (including phenoxy) is 2. The van der Waals surface area contributed by atoms with Crippen LogP contribution in [0.15, 0.2) is 91.3 Å². The fourth-order valence-electron chi connectivity index (χ4n) is 4.38. The fourth-order valence-corrected chi connectivity index (χ4v) is 5.33. The minimum atomic E-state index is -0.519. The first-order chi connectivity index (χ1) is 17.2. The van der Waals surface area contributed by atoms with Gasteiger partial charge in [-0.25, -0.2) is 4.98 Å². The van der Waals surface area contributed by atoms with Gasteiger partial charge in [0, 0.05) is 29.6 Å². The van der Waals surface area contributed by atoms with E-state index in [1.807, 2.05) is 78.9 Å². The molecule has 0 radical (unpaired) electrons. The highest BCUT2D eigenvalue weighted by atomic mass is 32.1. The van der Waals surface area contributed by atoms with Crippen LogP contribution < -0.4 is 14.4 Å². The monoisotopic (exact) mass is 479 g/mol. The Morgan fingerprint density at radius 2 is 1.74 bits per heavy atom. The number of carbonyl (C=O) groups excluding carboxylic acids is 1. The summed E-state index contributed by atoms with van der Waals surface area (Å²) in [5, 5.41) is 0.628. The van der Waals surface area contributed by atoms with Crippen molar-refractivity contribution < 1.29 is 14.3 Å². The van der Waals surface area contributed by atoms with Crippen LogP contribution in [0.4, 0.5) is 5.13 Å². The van der Waals surface area contributed by atoms with Crippen LogP contribution in [0.25, 0.3) is 10.2 Å². The van der Waals surface area contributed by atoms with Crippen molar-refractivity contribution in [3.05, 3.63) is 108 Å². The van der Waals surface area contributed by atoms with Gasteiger partial charge in [-0.1, -0.05) is 53.8 Å². The first-order valence-corrected chi connectivity index (χ1v) is 12.0. The molecule has 0 fully saturated rings. The van der Waals surface area contributed by atoms with E-state index < -0.39 is 5.92 Å². The highest BCUT2D eigenvalue weighted by molar-refractivity contribution is 7.22. The molecule has 6 nitrogen and oxygen atoms in total. The molecule has 3 aromatic carbocycles. The number of fused-ring (bicyclic) bond motifs is 3. The number of para-hydroxylation sites is 2. The van der Waals surface area contributed by atoms with Gasteiger partial charge < -0.3 is 9.47 Å². The molecule has 3 heterocycles. The van der Waals surface area contributed by atoms with E-state index in [4.69, 9.17) is 14.5 Å². The second-order valence-corrected chi connectivity index (χ2v) is 9.24. The van der Waals surface area contributed by atoms with Crippen LogP contribution in [0.1, 0.15) is 22.6 Å². The van der Waals surface area contributed by atoms with Crippen LogP contribution in [-0.4, -0.2) is 23.0 Å². The molecule has 2 aromatic heterocycles. The quantitative estimate of drug-likeness (QED) is 0.302. The number of hydrogen-bond donors (Lipinski definition) is 0. The Bertz CT molecular complexity index is 1490. The first kappa shape index (κ1) is 21.3. The van der Waals surface area contributed by atoms with Crippen molar-refractivity contribution in [2.24, 2.45) is 0 Å². The summed E-state index contributed by atoms with van der Waals surface area (Å²) in [6, 6.07) is 25.0. The van der Waals surface area contributed by atoms with Crippen molar-refractivity contribution in [2.75, 3.05) is 12.0 Å². The van der Waals surface area contributed by atoms with E-state index >= 15 is 0 Å². The molecular weight excluding hydrogens is 458 g/mol. The molecule has 1 aliphatic rings. The van der Waals surface area contributed by atoms with Crippen LogP contribution >= 0.6 is 11.3 Å². The number of pyridine rings is 1. The maximum Gasteiger partial charge on any atom is 0.241 e. The van der Waals surface area contributed by atoms with Gasteiger partial charge in [0.15, 0.2) is 5.13 Å². The Labute approximate surface area is 206 Å². The predicted molar refractivity (Wildman–Crippen MR) is 136 cm³/mol. The smallest absolute Gasteiger partial charge is 0.241 e. The predicted octanol–water partition coefficient (Wildman–Crippen LogP) is 6.17. The number of thiazole rings is 1. The maximum atomic E-state index is 14.4. The molecule has 0 atom stereocenters. The lowest BCUT2D eigenvalue weighted by Crippen LogP contribution is -2.36. The summed E-state index contributed by atoms with van der Waals surface area (Å²) < 4.78 is 12.5. The van der Waals surface area contributed by atoms with Gasteiger partial charge >= 0.3 is 0 Å². The van der Waals surface area contributed by atoms with Gasteiger partial charge in [-0.15, -0.1) is 0 Å². The molecule has 1 aliphatic heterocycles. The minimum absolute atomic E-state index is 0.0666. The average Bonchev–Trinajstić information content (AvgIpc) is 3.33. The highest BCUT2D eigenvalue weighted by Gasteiger charge is 2.36. The second-order valence-electron chi connectivity index (χ2n) is 8.23. The number of benzene rings is 3. The molecular formula is C28H21N3O3S. The van der Waals surface area contributed by atoms with Gasteiger partial charge in [0.1, 0.15) is 17.2 Å². The van der Waals surface area contributed by atoms with Crippen molar-refractivity contribution >= 4 is 32.6 Å².